The molecule has 1 aromatic carbocycles. The van der Waals surface area contributed by atoms with Gasteiger partial charge in [0.05, 0.1) is 30.5 Å². The molecule has 0 unspecified atom stereocenters. The van der Waals surface area contributed by atoms with Crippen LogP contribution < -0.4 is 4.90 Å². The molecule has 1 aromatic rings. The molecule has 0 fully saturated rings. The van der Waals surface area contributed by atoms with E-state index in [-0.39, 0.29) is 17.1 Å². The van der Waals surface area contributed by atoms with E-state index in [2.05, 4.69) is 4.99 Å². The molecular weight excluding hydrogens is 382 g/mol. The summed E-state index contributed by atoms with van der Waals surface area (Å²) in [6.45, 7) is -0.516. The van der Waals surface area contributed by atoms with E-state index >= 15 is 0 Å². The summed E-state index contributed by atoms with van der Waals surface area (Å²) < 4.78 is 84.5. The van der Waals surface area contributed by atoms with E-state index in [1.54, 1.807) is 0 Å². The van der Waals surface area contributed by atoms with E-state index < -0.39 is 48.7 Å². The normalized spacial score (nSPS) is 19.6. The zero-order valence-electron chi connectivity index (χ0n) is 13.2. The quantitative estimate of drug-likeness (QED) is 0.614. The smallest absolute Gasteiger partial charge is 0.439 e. The summed E-state index contributed by atoms with van der Waals surface area (Å²) in [6.07, 6.45) is -11.0. The Kier molecular flexibility index (Phi) is 4.52. The number of halogens is 6. The van der Waals surface area contributed by atoms with Crippen molar-refractivity contribution < 1.29 is 41.0 Å². The van der Waals surface area contributed by atoms with Gasteiger partial charge < -0.3 is 9.84 Å². The van der Waals surface area contributed by atoms with Crippen molar-refractivity contribution in [3.8, 4) is 0 Å². The summed E-state index contributed by atoms with van der Waals surface area (Å²) in [5.41, 5.74) is -0.882. The fourth-order valence-corrected chi connectivity index (χ4v) is 2.75. The number of aliphatic carboxylic acids is 1. The minimum Gasteiger partial charge on any atom is -0.481 e. The Morgan fingerprint density at radius 3 is 2.56 bits per heavy atom. The van der Waals surface area contributed by atoms with E-state index in [0.717, 1.165) is 12.3 Å². The first-order valence-electron chi connectivity index (χ1n) is 7.42. The first-order chi connectivity index (χ1) is 12.5. The highest BCUT2D eigenvalue weighted by molar-refractivity contribution is 6.06. The van der Waals surface area contributed by atoms with E-state index in [4.69, 9.17) is 9.84 Å². The van der Waals surface area contributed by atoms with Crippen molar-refractivity contribution in [2.45, 2.75) is 31.5 Å². The van der Waals surface area contributed by atoms with Crippen molar-refractivity contribution in [1.82, 2.24) is 0 Å². The number of carboxylic acid groups (broad SMARTS) is 1. The number of hydrogen-bond donors (Lipinski definition) is 1. The maximum atomic E-state index is 13.4. The molecule has 0 saturated heterocycles. The molecule has 0 aliphatic carbocycles. The van der Waals surface area contributed by atoms with Gasteiger partial charge in [-0.3, -0.25) is 9.69 Å². The van der Waals surface area contributed by atoms with Crippen molar-refractivity contribution in [2.24, 2.45) is 4.99 Å². The maximum Gasteiger partial charge on any atom is 0.439 e. The number of carboxylic acids is 1. The second kappa shape index (κ2) is 6.43. The number of benzene rings is 1. The summed E-state index contributed by atoms with van der Waals surface area (Å²) in [5.74, 6) is -1.75. The van der Waals surface area contributed by atoms with Gasteiger partial charge in [0.25, 0.3) is 0 Å². The number of rotatable bonds is 2. The number of nitrogens with zero attached hydrogens (tertiary/aromatic N) is 2. The van der Waals surface area contributed by atoms with E-state index in [1.165, 1.54) is 0 Å². The summed E-state index contributed by atoms with van der Waals surface area (Å²) in [4.78, 5) is 15.3. The van der Waals surface area contributed by atoms with Crippen molar-refractivity contribution >= 4 is 17.5 Å². The van der Waals surface area contributed by atoms with Crippen LogP contribution in [-0.4, -0.2) is 29.2 Å². The molecule has 2 aliphatic rings. The molecule has 27 heavy (non-hydrogen) atoms. The van der Waals surface area contributed by atoms with Crippen LogP contribution in [0, 0.1) is 0 Å². The lowest BCUT2D eigenvalue weighted by Gasteiger charge is -2.31. The molecule has 0 aromatic heterocycles. The van der Waals surface area contributed by atoms with Gasteiger partial charge in [-0.15, -0.1) is 0 Å². The molecule has 0 bridgehead atoms. The number of hydrogen-bond acceptors (Lipinski definition) is 4. The highest BCUT2D eigenvalue weighted by atomic mass is 19.4. The van der Waals surface area contributed by atoms with Gasteiger partial charge in [0.1, 0.15) is 11.9 Å². The highest BCUT2D eigenvalue weighted by Gasteiger charge is 2.45. The number of carbonyl (C=O) groups is 1. The maximum absolute atomic E-state index is 13.4. The van der Waals surface area contributed by atoms with Crippen LogP contribution in [0.5, 0.6) is 0 Å². The molecule has 0 amide bonds. The minimum atomic E-state index is -4.91. The Bertz CT molecular complexity index is 881. The molecule has 1 N–H and O–H groups in total. The summed E-state index contributed by atoms with van der Waals surface area (Å²) in [7, 11) is 0. The number of alkyl halides is 6. The third kappa shape index (κ3) is 3.69. The molecular formula is C16H10F6N2O3. The third-order valence-corrected chi connectivity index (χ3v) is 3.86. The van der Waals surface area contributed by atoms with Gasteiger partial charge in [-0.1, -0.05) is 5.73 Å². The van der Waals surface area contributed by atoms with Gasteiger partial charge in [-0.25, -0.2) is 4.99 Å². The van der Waals surface area contributed by atoms with Crippen LogP contribution >= 0.6 is 0 Å². The van der Waals surface area contributed by atoms with Crippen molar-refractivity contribution in [3.63, 3.8) is 0 Å². The number of ether oxygens (including phenoxy) is 1. The third-order valence-electron chi connectivity index (χ3n) is 3.86. The van der Waals surface area contributed by atoms with Crippen LogP contribution in [0.15, 0.2) is 40.8 Å². The lowest BCUT2D eigenvalue weighted by Crippen LogP contribution is -2.44. The predicted octanol–water partition coefficient (Wildman–Crippen LogP) is 3.86. The lowest BCUT2D eigenvalue weighted by atomic mass is 10.1. The number of allylic oxidation sites excluding steroid dienone is 1. The lowest BCUT2D eigenvalue weighted by molar-refractivity contribution is -0.139. The van der Waals surface area contributed by atoms with Crippen LogP contribution in [0.25, 0.3) is 0 Å². The van der Waals surface area contributed by atoms with Gasteiger partial charge in [-0.2, -0.15) is 26.3 Å². The van der Waals surface area contributed by atoms with E-state index in [0.29, 0.717) is 17.0 Å². The van der Waals surface area contributed by atoms with E-state index in [9.17, 15) is 31.1 Å². The predicted molar refractivity (Wildman–Crippen MR) is 79.8 cm³/mol. The van der Waals surface area contributed by atoms with Gasteiger partial charge in [0.15, 0.2) is 5.70 Å². The Labute approximate surface area is 147 Å². The summed E-state index contributed by atoms with van der Waals surface area (Å²) >= 11 is 0. The summed E-state index contributed by atoms with van der Waals surface area (Å²) in [6, 6.07) is 2.18. The van der Waals surface area contributed by atoms with E-state index in [1.807, 2.05) is 5.73 Å². The van der Waals surface area contributed by atoms with Crippen LogP contribution in [-0.2, 0) is 22.3 Å². The number of aliphatic imine (C=N–C) groups is 1. The zero-order valence-corrected chi connectivity index (χ0v) is 13.2. The molecule has 0 saturated carbocycles. The first-order valence-corrected chi connectivity index (χ1v) is 7.42. The molecule has 144 valence electrons. The Morgan fingerprint density at radius 1 is 1.26 bits per heavy atom. The van der Waals surface area contributed by atoms with Crippen LogP contribution in [0.3, 0.4) is 0 Å². The second-order valence-electron chi connectivity index (χ2n) is 5.68. The van der Waals surface area contributed by atoms with Crippen molar-refractivity contribution in [3.05, 3.63) is 47.0 Å². The number of fused-ring (bicyclic) bond motifs is 3. The molecule has 1 atom stereocenters. The fraction of sp³-hybridized carbons (Fsp3) is 0.312. The minimum absolute atomic E-state index is 0.184. The SMILES string of the molecule is O=C(O)C[C@@H]1OCc2cc(C(F)(F)F)ccc2N2C(C(F)(F)F)=C=CN=C12. The molecule has 11 heteroatoms. The van der Waals surface area contributed by atoms with Crippen LogP contribution in [0.1, 0.15) is 17.5 Å². The number of amidine groups is 1. The fourth-order valence-electron chi connectivity index (χ4n) is 2.75. The van der Waals surface area contributed by atoms with Gasteiger partial charge >= 0.3 is 18.3 Å². The van der Waals surface area contributed by atoms with Gasteiger partial charge in [0.2, 0.25) is 0 Å². The highest BCUT2D eigenvalue weighted by Crippen LogP contribution is 2.40. The largest absolute Gasteiger partial charge is 0.481 e. The van der Waals surface area contributed by atoms with Gasteiger partial charge in [-0.05, 0) is 18.2 Å². The molecule has 5 nitrogen and oxygen atoms in total. The van der Waals surface area contributed by atoms with Crippen LogP contribution in [0.2, 0.25) is 0 Å². The number of anilines is 1. The Balaban J connectivity index is 2.17. The Hall–Kier alpha value is -2.78. The van der Waals surface area contributed by atoms with Crippen molar-refractivity contribution in [2.75, 3.05) is 4.90 Å². The Morgan fingerprint density at radius 2 is 1.96 bits per heavy atom. The first kappa shape index (κ1) is 19.0. The molecule has 0 radical (unpaired) electrons. The standard InChI is InChI=1S/C16H10F6N2O3/c17-15(18,19)9-1-2-10-8(5-9)7-27-11(6-13(25)26)14-23-4-3-12(24(10)14)16(20,21)22/h1-2,4-5,11H,6-7H2,(H,25,26)/t11-/m0/s1. The molecule has 3 rings (SSSR count). The molecule has 2 aliphatic heterocycles. The average Bonchev–Trinajstić information content (AvgIpc) is 2.70. The van der Waals surface area contributed by atoms with Crippen LogP contribution in [0.4, 0.5) is 32.0 Å². The topological polar surface area (TPSA) is 62.1 Å². The molecule has 0 spiro atoms. The second-order valence-corrected chi connectivity index (χ2v) is 5.68. The summed E-state index contributed by atoms with van der Waals surface area (Å²) in [5, 5.41) is 8.98. The van der Waals surface area contributed by atoms with Gasteiger partial charge in [0, 0.05) is 5.56 Å². The monoisotopic (exact) mass is 392 g/mol. The zero-order chi connectivity index (χ0) is 20.0. The average molecular weight is 392 g/mol. The van der Waals surface area contributed by atoms with Crippen molar-refractivity contribution in [1.29, 1.82) is 0 Å². The molecule has 2 heterocycles.